The van der Waals surface area contributed by atoms with Crippen molar-refractivity contribution in [1.29, 1.82) is 0 Å². The number of benzene rings is 2. The van der Waals surface area contributed by atoms with Crippen LogP contribution in [0.3, 0.4) is 0 Å². The Labute approximate surface area is 94.7 Å². The van der Waals surface area contributed by atoms with E-state index in [1.54, 1.807) is 0 Å². The molecule has 0 aliphatic carbocycles. The van der Waals surface area contributed by atoms with Gasteiger partial charge in [-0.15, -0.1) is 0 Å². The lowest BCUT2D eigenvalue weighted by molar-refractivity contribution is 1.14. The van der Waals surface area contributed by atoms with Crippen molar-refractivity contribution in [2.24, 2.45) is 0 Å². The minimum Gasteiger partial charge on any atom is -0.248 e. The molecular weight excluding hydrogens is 194 g/mol. The molecule has 1 nitrogen and oxygen atoms in total. The maximum atomic E-state index is 4.69. The third-order valence-electron chi connectivity index (χ3n) is 2.99. The highest BCUT2D eigenvalue weighted by molar-refractivity contribution is 5.92. The smallest absolute Gasteiger partial charge is 0.0712 e. The molecule has 0 saturated heterocycles. The lowest BCUT2D eigenvalue weighted by Crippen LogP contribution is -1.85. The van der Waals surface area contributed by atoms with Gasteiger partial charge in [0.1, 0.15) is 0 Å². The zero-order valence-electron chi connectivity index (χ0n) is 9.27. The summed E-state index contributed by atoms with van der Waals surface area (Å²) in [4.78, 5) is 4.69. The summed E-state index contributed by atoms with van der Waals surface area (Å²) in [7, 11) is 0. The van der Waals surface area contributed by atoms with Crippen LogP contribution in [0.4, 0.5) is 0 Å². The first-order valence-corrected chi connectivity index (χ1v) is 5.65. The van der Waals surface area contributed by atoms with Gasteiger partial charge in [0, 0.05) is 10.8 Å². The van der Waals surface area contributed by atoms with E-state index in [4.69, 9.17) is 0 Å². The quantitative estimate of drug-likeness (QED) is 0.550. The average Bonchev–Trinajstić information content (AvgIpc) is 2.35. The van der Waals surface area contributed by atoms with Crippen LogP contribution in [0.2, 0.25) is 0 Å². The van der Waals surface area contributed by atoms with Crippen LogP contribution >= 0.6 is 0 Å². The van der Waals surface area contributed by atoms with Gasteiger partial charge in [0.25, 0.3) is 0 Å². The van der Waals surface area contributed by atoms with Crippen LogP contribution in [0.1, 0.15) is 12.5 Å². The van der Waals surface area contributed by atoms with Crippen molar-refractivity contribution < 1.29 is 0 Å². The SMILES string of the molecule is CCc1ccc2cc3ccccc3nc2c1. The molecule has 0 bridgehead atoms. The molecule has 0 saturated carbocycles. The fraction of sp³-hybridized carbons (Fsp3) is 0.133. The Morgan fingerprint density at radius 1 is 0.875 bits per heavy atom. The number of fused-ring (bicyclic) bond motifs is 2. The topological polar surface area (TPSA) is 12.9 Å². The number of aromatic nitrogens is 1. The summed E-state index contributed by atoms with van der Waals surface area (Å²) in [6.07, 6.45) is 1.06. The van der Waals surface area contributed by atoms with E-state index in [-0.39, 0.29) is 0 Å². The third-order valence-corrected chi connectivity index (χ3v) is 2.99. The second-order valence-corrected chi connectivity index (χ2v) is 4.06. The molecule has 1 aromatic heterocycles. The summed E-state index contributed by atoms with van der Waals surface area (Å²) >= 11 is 0. The van der Waals surface area contributed by atoms with E-state index in [1.807, 2.05) is 6.07 Å². The number of hydrogen-bond donors (Lipinski definition) is 0. The van der Waals surface area contributed by atoms with E-state index < -0.39 is 0 Å². The van der Waals surface area contributed by atoms with E-state index in [0.717, 1.165) is 17.5 Å². The molecule has 3 rings (SSSR count). The second-order valence-electron chi connectivity index (χ2n) is 4.06. The summed E-state index contributed by atoms with van der Waals surface area (Å²) in [5.41, 5.74) is 3.51. The summed E-state index contributed by atoms with van der Waals surface area (Å²) < 4.78 is 0. The number of nitrogens with zero attached hydrogens (tertiary/aromatic N) is 1. The van der Waals surface area contributed by atoms with Gasteiger partial charge in [-0.25, -0.2) is 4.98 Å². The molecule has 0 N–H and O–H groups in total. The van der Waals surface area contributed by atoms with Crippen molar-refractivity contribution >= 4 is 21.8 Å². The van der Waals surface area contributed by atoms with Crippen LogP contribution in [-0.2, 0) is 6.42 Å². The second kappa shape index (κ2) is 3.60. The predicted molar refractivity (Wildman–Crippen MR) is 68.6 cm³/mol. The molecule has 0 radical (unpaired) electrons. The first-order chi connectivity index (χ1) is 7.86. The minimum absolute atomic E-state index is 1.06. The van der Waals surface area contributed by atoms with E-state index in [9.17, 15) is 0 Å². The zero-order valence-corrected chi connectivity index (χ0v) is 9.27. The fourth-order valence-corrected chi connectivity index (χ4v) is 2.04. The molecule has 0 amide bonds. The lowest BCUT2D eigenvalue weighted by Gasteiger charge is -2.03. The predicted octanol–water partition coefficient (Wildman–Crippen LogP) is 3.95. The number of rotatable bonds is 1. The first-order valence-electron chi connectivity index (χ1n) is 5.65. The molecule has 0 unspecified atom stereocenters. The van der Waals surface area contributed by atoms with Crippen molar-refractivity contribution in [3.05, 3.63) is 54.1 Å². The van der Waals surface area contributed by atoms with Gasteiger partial charge in [0.15, 0.2) is 0 Å². The molecule has 0 fully saturated rings. The average molecular weight is 207 g/mol. The van der Waals surface area contributed by atoms with E-state index in [2.05, 4.69) is 54.4 Å². The fourth-order valence-electron chi connectivity index (χ4n) is 2.04. The third kappa shape index (κ3) is 1.45. The van der Waals surface area contributed by atoms with Crippen molar-refractivity contribution in [2.45, 2.75) is 13.3 Å². The molecule has 1 heteroatoms. The number of pyridine rings is 1. The van der Waals surface area contributed by atoms with E-state index >= 15 is 0 Å². The summed E-state index contributed by atoms with van der Waals surface area (Å²) in [6.45, 7) is 2.17. The molecular formula is C15H13N. The van der Waals surface area contributed by atoms with Crippen LogP contribution < -0.4 is 0 Å². The monoisotopic (exact) mass is 207 g/mol. The Hall–Kier alpha value is -1.89. The molecule has 0 aliphatic heterocycles. The molecule has 1 heterocycles. The van der Waals surface area contributed by atoms with Gasteiger partial charge in [-0.3, -0.25) is 0 Å². The van der Waals surface area contributed by atoms with Crippen LogP contribution in [0, 0.1) is 0 Å². The summed E-state index contributed by atoms with van der Waals surface area (Å²) in [6, 6.07) is 17.0. The minimum atomic E-state index is 1.06. The maximum absolute atomic E-state index is 4.69. The largest absolute Gasteiger partial charge is 0.248 e. The van der Waals surface area contributed by atoms with E-state index in [1.165, 1.54) is 16.3 Å². The van der Waals surface area contributed by atoms with Crippen LogP contribution in [-0.4, -0.2) is 4.98 Å². The van der Waals surface area contributed by atoms with E-state index in [0.29, 0.717) is 0 Å². The standard InChI is InChI=1S/C15H13N/c1-2-11-7-8-13-10-12-5-3-4-6-14(12)16-15(13)9-11/h3-10H,2H2,1H3. The zero-order chi connectivity index (χ0) is 11.0. The van der Waals surface area contributed by atoms with Gasteiger partial charge >= 0.3 is 0 Å². The Morgan fingerprint density at radius 3 is 2.56 bits per heavy atom. The van der Waals surface area contributed by atoms with Gasteiger partial charge in [0.05, 0.1) is 11.0 Å². The summed E-state index contributed by atoms with van der Waals surface area (Å²) in [5, 5.41) is 2.43. The molecule has 0 aliphatic rings. The Bertz CT molecular complexity index is 656. The maximum Gasteiger partial charge on any atom is 0.0712 e. The Kier molecular flexibility index (Phi) is 2.10. The Morgan fingerprint density at radius 2 is 1.69 bits per heavy atom. The van der Waals surface area contributed by atoms with Crippen molar-refractivity contribution in [2.75, 3.05) is 0 Å². The molecule has 0 atom stereocenters. The van der Waals surface area contributed by atoms with Crippen molar-refractivity contribution in [1.82, 2.24) is 4.98 Å². The first kappa shape index (κ1) is 9.34. The number of aryl methyl sites for hydroxylation is 1. The molecule has 0 spiro atoms. The molecule has 16 heavy (non-hydrogen) atoms. The highest BCUT2D eigenvalue weighted by atomic mass is 14.7. The molecule has 3 aromatic rings. The normalized spacial score (nSPS) is 11.1. The highest BCUT2D eigenvalue weighted by Crippen LogP contribution is 2.20. The molecule has 78 valence electrons. The van der Waals surface area contributed by atoms with Gasteiger partial charge in [-0.1, -0.05) is 37.3 Å². The van der Waals surface area contributed by atoms with Gasteiger partial charge in [-0.2, -0.15) is 0 Å². The van der Waals surface area contributed by atoms with Crippen LogP contribution in [0.5, 0.6) is 0 Å². The Balaban J connectivity index is 2.37. The number of hydrogen-bond acceptors (Lipinski definition) is 1. The van der Waals surface area contributed by atoms with Crippen molar-refractivity contribution in [3.8, 4) is 0 Å². The highest BCUT2D eigenvalue weighted by Gasteiger charge is 1.99. The van der Waals surface area contributed by atoms with Gasteiger partial charge in [0.2, 0.25) is 0 Å². The van der Waals surface area contributed by atoms with Crippen LogP contribution in [0.25, 0.3) is 21.8 Å². The van der Waals surface area contributed by atoms with Crippen LogP contribution in [0.15, 0.2) is 48.5 Å². The summed E-state index contributed by atoms with van der Waals surface area (Å²) in [5.74, 6) is 0. The lowest BCUT2D eigenvalue weighted by atomic mass is 10.1. The van der Waals surface area contributed by atoms with Gasteiger partial charge in [-0.05, 0) is 30.2 Å². The van der Waals surface area contributed by atoms with Gasteiger partial charge < -0.3 is 0 Å². The number of para-hydroxylation sites is 1. The molecule has 2 aromatic carbocycles. The van der Waals surface area contributed by atoms with Crippen molar-refractivity contribution in [3.63, 3.8) is 0 Å².